The van der Waals surface area contributed by atoms with Gasteiger partial charge in [0, 0.05) is 11.6 Å². The van der Waals surface area contributed by atoms with Gasteiger partial charge >= 0.3 is 0 Å². The van der Waals surface area contributed by atoms with Crippen LogP contribution in [-0.4, -0.2) is 0 Å². The van der Waals surface area contributed by atoms with Gasteiger partial charge in [-0.15, -0.1) is 11.3 Å². The van der Waals surface area contributed by atoms with Gasteiger partial charge in [0.2, 0.25) is 0 Å². The normalized spacial score (nSPS) is 14.0. The van der Waals surface area contributed by atoms with Crippen molar-refractivity contribution >= 4 is 23.1 Å². The molecule has 0 fully saturated rings. The summed E-state index contributed by atoms with van der Waals surface area (Å²) in [4.78, 5) is 1.24. The first kappa shape index (κ1) is 5.74. The molecule has 2 heteroatoms. The van der Waals surface area contributed by atoms with E-state index < -0.39 is 0 Å². The highest BCUT2D eigenvalue weighted by Crippen LogP contribution is 2.24. The third kappa shape index (κ3) is 0.866. The van der Waals surface area contributed by atoms with Crippen LogP contribution in [0, 0.1) is 5.38 Å². The van der Waals surface area contributed by atoms with Crippen LogP contribution in [0.25, 0.3) is 6.08 Å². The van der Waals surface area contributed by atoms with E-state index in [2.05, 4.69) is 16.8 Å². The largest absolute Gasteiger partial charge is 0.360 e. The monoisotopic (exact) mass is 148 g/mol. The van der Waals surface area contributed by atoms with Crippen molar-refractivity contribution in [1.82, 2.24) is 0 Å². The average molecular weight is 148 g/mol. The van der Waals surface area contributed by atoms with Gasteiger partial charge in [-0.3, -0.25) is 0 Å². The molecule has 1 aliphatic heterocycles. The summed E-state index contributed by atoms with van der Waals surface area (Å²) in [6.07, 6.45) is 7.99. The highest BCUT2D eigenvalue weighted by molar-refractivity contribution is 7.11. The highest BCUT2D eigenvalue weighted by Gasteiger charge is 1.99. The second-order valence-corrected chi connectivity index (χ2v) is 2.88. The number of fused-ring (bicyclic) bond motifs is 1. The molecule has 0 saturated carbocycles. The van der Waals surface area contributed by atoms with Crippen molar-refractivity contribution in [1.29, 1.82) is 0 Å². The first-order valence-corrected chi connectivity index (χ1v) is 3.88. The lowest BCUT2D eigenvalue weighted by molar-refractivity contribution is 1.66. The number of hydrogen-bond donors (Lipinski definition) is 1. The molecule has 0 saturated heterocycles. The van der Waals surface area contributed by atoms with Crippen molar-refractivity contribution in [2.75, 3.05) is 5.32 Å². The number of hydrogen-bond acceptors (Lipinski definition) is 2. The van der Waals surface area contributed by atoms with Gasteiger partial charge < -0.3 is 5.32 Å². The SMILES string of the molecule is [c]1cc2c(s1)C=CC=CN2. The highest BCUT2D eigenvalue weighted by atomic mass is 32.1. The lowest BCUT2D eigenvalue weighted by atomic mass is 10.4. The Bertz CT molecular complexity index is 283. The third-order valence-corrected chi connectivity index (χ3v) is 2.14. The van der Waals surface area contributed by atoms with Crippen LogP contribution in [0.3, 0.4) is 0 Å². The Morgan fingerprint density at radius 2 is 2.40 bits per heavy atom. The van der Waals surface area contributed by atoms with Crippen molar-refractivity contribution in [3.8, 4) is 0 Å². The van der Waals surface area contributed by atoms with Crippen LogP contribution in [0.5, 0.6) is 0 Å². The van der Waals surface area contributed by atoms with Crippen LogP contribution in [0.2, 0.25) is 0 Å². The van der Waals surface area contributed by atoms with Crippen LogP contribution in [0.15, 0.2) is 24.4 Å². The summed E-state index contributed by atoms with van der Waals surface area (Å²) >= 11 is 1.62. The van der Waals surface area contributed by atoms with E-state index in [1.165, 1.54) is 4.88 Å². The maximum Gasteiger partial charge on any atom is 0.0569 e. The summed E-state index contributed by atoms with van der Waals surface area (Å²) in [5.41, 5.74) is 1.15. The Kier molecular flexibility index (Phi) is 1.32. The molecule has 2 heterocycles. The summed E-state index contributed by atoms with van der Waals surface area (Å²) in [6.45, 7) is 0. The molecule has 1 aliphatic rings. The van der Waals surface area contributed by atoms with Crippen LogP contribution in [0.1, 0.15) is 4.88 Å². The standard InChI is InChI=1S/C8H6NS/c1-2-5-9-7-4-6-10-8(7)3-1/h1-5,9H. The smallest absolute Gasteiger partial charge is 0.0569 e. The second kappa shape index (κ2) is 2.31. The molecule has 0 bridgehead atoms. The van der Waals surface area contributed by atoms with E-state index in [-0.39, 0.29) is 0 Å². The molecule has 2 rings (SSSR count). The van der Waals surface area contributed by atoms with Gasteiger partial charge in [0.1, 0.15) is 0 Å². The zero-order valence-electron chi connectivity index (χ0n) is 5.29. The van der Waals surface area contributed by atoms with E-state index in [1.54, 1.807) is 11.3 Å². The molecule has 0 spiro atoms. The summed E-state index contributed by atoms with van der Waals surface area (Å²) < 4.78 is 0. The summed E-state index contributed by atoms with van der Waals surface area (Å²) in [5.74, 6) is 0. The van der Waals surface area contributed by atoms with E-state index in [0.29, 0.717) is 0 Å². The number of anilines is 1. The fraction of sp³-hybridized carbons (Fsp3) is 0. The van der Waals surface area contributed by atoms with E-state index in [1.807, 2.05) is 24.4 Å². The molecule has 0 unspecified atom stereocenters. The molecule has 0 atom stereocenters. The fourth-order valence-electron chi connectivity index (χ4n) is 0.851. The molecule has 0 aromatic carbocycles. The zero-order valence-corrected chi connectivity index (χ0v) is 6.11. The molecule has 10 heavy (non-hydrogen) atoms. The topological polar surface area (TPSA) is 12.0 Å². The van der Waals surface area contributed by atoms with Crippen molar-refractivity contribution in [2.45, 2.75) is 0 Å². The van der Waals surface area contributed by atoms with E-state index in [9.17, 15) is 0 Å². The summed E-state index contributed by atoms with van der Waals surface area (Å²) in [7, 11) is 0. The maximum absolute atomic E-state index is 3.14. The predicted molar refractivity (Wildman–Crippen MR) is 45.0 cm³/mol. The van der Waals surface area contributed by atoms with Crippen LogP contribution >= 0.6 is 11.3 Å². The molecule has 1 radical (unpaired) electrons. The minimum Gasteiger partial charge on any atom is -0.360 e. The number of allylic oxidation sites excluding steroid dienone is 2. The lowest BCUT2D eigenvalue weighted by Crippen LogP contribution is -1.82. The minimum absolute atomic E-state index is 1.15. The van der Waals surface area contributed by atoms with Gasteiger partial charge in [-0.1, -0.05) is 6.08 Å². The van der Waals surface area contributed by atoms with Gasteiger partial charge in [-0.05, 0) is 18.2 Å². The van der Waals surface area contributed by atoms with E-state index >= 15 is 0 Å². The van der Waals surface area contributed by atoms with Gasteiger partial charge in [0.25, 0.3) is 0 Å². The molecule has 1 aromatic heterocycles. The molecule has 1 nitrogen and oxygen atoms in total. The Morgan fingerprint density at radius 1 is 1.40 bits per heavy atom. The number of nitrogens with one attached hydrogen (secondary N) is 1. The Labute approximate surface area is 63.7 Å². The molecule has 1 N–H and O–H groups in total. The first-order chi connectivity index (χ1) is 4.97. The molecular weight excluding hydrogens is 142 g/mol. The zero-order chi connectivity index (χ0) is 6.81. The molecular formula is C8H6NS. The van der Waals surface area contributed by atoms with Gasteiger partial charge in [0.15, 0.2) is 0 Å². The van der Waals surface area contributed by atoms with Gasteiger partial charge in [-0.25, -0.2) is 0 Å². The molecule has 1 aromatic rings. The molecule has 0 aliphatic carbocycles. The Balaban J connectivity index is 2.50. The van der Waals surface area contributed by atoms with Gasteiger partial charge in [-0.2, -0.15) is 0 Å². The van der Waals surface area contributed by atoms with E-state index in [0.717, 1.165) is 5.69 Å². The van der Waals surface area contributed by atoms with Crippen LogP contribution in [-0.2, 0) is 0 Å². The minimum atomic E-state index is 1.15. The Hall–Kier alpha value is -1.02. The van der Waals surface area contributed by atoms with Crippen LogP contribution < -0.4 is 5.32 Å². The lowest BCUT2D eigenvalue weighted by Gasteiger charge is -1.93. The first-order valence-electron chi connectivity index (χ1n) is 3.06. The Morgan fingerprint density at radius 3 is 3.40 bits per heavy atom. The second-order valence-electron chi connectivity index (χ2n) is 2.00. The third-order valence-electron chi connectivity index (χ3n) is 1.33. The van der Waals surface area contributed by atoms with Crippen molar-refractivity contribution in [2.24, 2.45) is 0 Å². The van der Waals surface area contributed by atoms with Crippen LogP contribution in [0.4, 0.5) is 5.69 Å². The molecule has 49 valence electrons. The van der Waals surface area contributed by atoms with E-state index in [4.69, 9.17) is 0 Å². The average Bonchev–Trinajstić information content (AvgIpc) is 2.28. The van der Waals surface area contributed by atoms with Crippen molar-refractivity contribution in [3.63, 3.8) is 0 Å². The molecule has 0 amide bonds. The fourth-order valence-corrected chi connectivity index (χ4v) is 1.53. The van der Waals surface area contributed by atoms with Crippen molar-refractivity contribution in [3.05, 3.63) is 34.7 Å². The predicted octanol–water partition coefficient (Wildman–Crippen LogP) is 2.50. The number of thiophene rings is 1. The van der Waals surface area contributed by atoms with Gasteiger partial charge in [0.05, 0.1) is 10.6 Å². The number of rotatable bonds is 0. The quantitative estimate of drug-likeness (QED) is 0.596. The maximum atomic E-state index is 3.14. The summed E-state index contributed by atoms with van der Waals surface area (Å²) in [5, 5.41) is 6.20. The van der Waals surface area contributed by atoms with Crippen molar-refractivity contribution < 1.29 is 0 Å². The summed E-state index contributed by atoms with van der Waals surface area (Å²) in [6, 6.07) is 1.96.